The van der Waals surface area contributed by atoms with E-state index in [0.29, 0.717) is 16.8 Å². The molecule has 2 aromatic heterocycles. The maximum Gasteiger partial charge on any atom is 0.417 e. The molecule has 0 fully saturated rings. The normalized spacial score (nSPS) is 11.5. The van der Waals surface area contributed by atoms with Crippen LogP contribution < -0.4 is 10.9 Å². The predicted octanol–water partition coefficient (Wildman–Crippen LogP) is 2.95. The molecule has 1 aromatic carbocycles. The van der Waals surface area contributed by atoms with Crippen molar-refractivity contribution in [3.63, 3.8) is 0 Å². The highest BCUT2D eigenvalue weighted by Crippen LogP contribution is 2.32. The molecule has 0 aliphatic rings. The van der Waals surface area contributed by atoms with Gasteiger partial charge in [0.05, 0.1) is 22.2 Å². The van der Waals surface area contributed by atoms with Gasteiger partial charge in [0.2, 0.25) is 5.88 Å². The van der Waals surface area contributed by atoms with E-state index in [9.17, 15) is 27.6 Å². The fourth-order valence-electron chi connectivity index (χ4n) is 2.81. The van der Waals surface area contributed by atoms with E-state index in [1.165, 1.54) is 6.07 Å². The van der Waals surface area contributed by atoms with Gasteiger partial charge in [0, 0.05) is 0 Å². The van der Waals surface area contributed by atoms with Crippen molar-refractivity contribution in [2.75, 3.05) is 11.9 Å². The number of rotatable bonds is 4. The molecular formula is C18H14F3N3O5. The largest absolute Gasteiger partial charge is 0.452 e. The number of hydrogen-bond acceptors (Lipinski definition) is 6. The first-order valence-electron chi connectivity index (χ1n) is 8.21. The summed E-state index contributed by atoms with van der Waals surface area (Å²) in [6.07, 6.45) is -4.75. The minimum Gasteiger partial charge on any atom is -0.452 e. The second-order valence-corrected chi connectivity index (χ2v) is 6.04. The monoisotopic (exact) mass is 409 g/mol. The lowest BCUT2D eigenvalue weighted by molar-refractivity contribution is -0.138. The number of aryl methyl sites for hydroxylation is 2. The molecule has 29 heavy (non-hydrogen) atoms. The number of aromatic nitrogens is 2. The number of ether oxygens (including phenoxy) is 1. The highest BCUT2D eigenvalue weighted by atomic mass is 19.4. The van der Waals surface area contributed by atoms with Gasteiger partial charge in [0.25, 0.3) is 11.5 Å². The third kappa shape index (κ3) is 3.98. The molecule has 0 atom stereocenters. The van der Waals surface area contributed by atoms with Crippen LogP contribution in [0.2, 0.25) is 0 Å². The number of anilines is 1. The molecule has 3 rings (SSSR count). The summed E-state index contributed by atoms with van der Waals surface area (Å²) in [5, 5.41) is 8.81. The predicted molar refractivity (Wildman–Crippen MR) is 94.5 cm³/mol. The second-order valence-electron chi connectivity index (χ2n) is 6.04. The minimum absolute atomic E-state index is 0.0529. The minimum atomic E-state index is -4.75. The number of amides is 1. The molecule has 1 amide bonds. The number of carbonyl (C=O) groups excluding carboxylic acids is 2. The van der Waals surface area contributed by atoms with E-state index in [1.54, 1.807) is 13.8 Å². The zero-order chi connectivity index (χ0) is 21.3. The Morgan fingerprint density at radius 1 is 1.21 bits per heavy atom. The van der Waals surface area contributed by atoms with Crippen molar-refractivity contribution in [2.24, 2.45) is 0 Å². The number of fused-ring (bicyclic) bond motifs is 1. The maximum absolute atomic E-state index is 13.0. The summed E-state index contributed by atoms with van der Waals surface area (Å²) in [6.45, 7) is 2.32. The van der Waals surface area contributed by atoms with Gasteiger partial charge in [-0.2, -0.15) is 18.3 Å². The molecule has 0 aliphatic heterocycles. The van der Waals surface area contributed by atoms with E-state index in [0.717, 1.165) is 18.2 Å². The molecule has 3 aromatic rings. The van der Waals surface area contributed by atoms with E-state index in [1.807, 2.05) is 0 Å². The maximum atomic E-state index is 13.0. The zero-order valence-electron chi connectivity index (χ0n) is 15.1. The van der Waals surface area contributed by atoms with Crippen LogP contribution in [0.4, 0.5) is 19.1 Å². The van der Waals surface area contributed by atoms with Gasteiger partial charge in [-0.3, -0.25) is 14.9 Å². The number of esters is 1. The third-order valence-corrected chi connectivity index (χ3v) is 4.04. The fourth-order valence-corrected chi connectivity index (χ4v) is 2.81. The lowest BCUT2D eigenvalue weighted by Crippen LogP contribution is -2.23. The number of nitrogens with one attached hydrogen (secondary N) is 2. The van der Waals surface area contributed by atoms with Crippen LogP contribution in [-0.4, -0.2) is 28.7 Å². The molecule has 0 saturated heterocycles. The fraction of sp³-hybridized carbons (Fsp3) is 0.222. The van der Waals surface area contributed by atoms with Crippen LogP contribution in [0.25, 0.3) is 10.8 Å². The summed E-state index contributed by atoms with van der Waals surface area (Å²) in [7, 11) is 0. The summed E-state index contributed by atoms with van der Waals surface area (Å²) in [5.74, 6) is -2.05. The molecule has 11 heteroatoms. The van der Waals surface area contributed by atoms with Gasteiger partial charge < -0.3 is 9.15 Å². The van der Waals surface area contributed by atoms with Gasteiger partial charge in [-0.05, 0) is 26.0 Å². The van der Waals surface area contributed by atoms with Crippen molar-refractivity contribution in [2.45, 2.75) is 20.0 Å². The van der Waals surface area contributed by atoms with Gasteiger partial charge >= 0.3 is 12.1 Å². The van der Waals surface area contributed by atoms with E-state index in [2.05, 4.69) is 20.3 Å². The van der Waals surface area contributed by atoms with Gasteiger partial charge in [0.1, 0.15) is 11.1 Å². The Bertz CT molecular complexity index is 1160. The molecule has 0 bridgehead atoms. The average molecular weight is 409 g/mol. The first-order chi connectivity index (χ1) is 13.6. The molecule has 0 aliphatic carbocycles. The molecule has 0 unspecified atom stereocenters. The van der Waals surface area contributed by atoms with E-state index >= 15 is 0 Å². The average Bonchev–Trinajstić information content (AvgIpc) is 2.99. The van der Waals surface area contributed by atoms with Crippen LogP contribution in [0.3, 0.4) is 0 Å². The van der Waals surface area contributed by atoms with Crippen LogP contribution in [0.5, 0.6) is 0 Å². The van der Waals surface area contributed by atoms with Gasteiger partial charge in [-0.15, -0.1) is 0 Å². The summed E-state index contributed by atoms with van der Waals surface area (Å²) >= 11 is 0. The molecule has 0 spiro atoms. The number of H-pyrrole nitrogens is 1. The summed E-state index contributed by atoms with van der Waals surface area (Å²) < 4.78 is 49.0. The lowest BCUT2D eigenvalue weighted by atomic mass is 10.1. The van der Waals surface area contributed by atoms with Crippen LogP contribution >= 0.6 is 0 Å². The number of furan rings is 1. The van der Waals surface area contributed by atoms with Crippen LogP contribution in [0, 0.1) is 13.8 Å². The summed E-state index contributed by atoms with van der Waals surface area (Å²) in [6, 6.07) is 4.05. The number of hydrogen-bond donors (Lipinski definition) is 2. The van der Waals surface area contributed by atoms with Crippen molar-refractivity contribution in [3.05, 3.63) is 57.2 Å². The third-order valence-electron chi connectivity index (χ3n) is 4.04. The molecule has 8 nitrogen and oxygen atoms in total. The SMILES string of the molecule is Cc1n[nH]c(=O)c2c(NC(=O)COC(=O)c3ccccc3C(F)(F)F)oc(C)c12. The first-order valence-corrected chi connectivity index (χ1v) is 8.21. The Balaban J connectivity index is 1.75. The van der Waals surface area contributed by atoms with Crippen molar-refractivity contribution in [3.8, 4) is 0 Å². The highest BCUT2D eigenvalue weighted by Gasteiger charge is 2.35. The second kappa shape index (κ2) is 7.41. The number of benzene rings is 1. The molecule has 152 valence electrons. The smallest absolute Gasteiger partial charge is 0.417 e. The van der Waals surface area contributed by atoms with Crippen LogP contribution in [-0.2, 0) is 15.7 Å². The lowest BCUT2D eigenvalue weighted by Gasteiger charge is -2.11. The van der Waals surface area contributed by atoms with E-state index < -0.39 is 41.3 Å². The Morgan fingerprint density at radius 2 is 1.90 bits per heavy atom. The number of aromatic amines is 1. The summed E-state index contributed by atoms with van der Waals surface area (Å²) in [5.41, 5.74) is -2.02. The molecule has 2 N–H and O–H groups in total. The molecular weight excluding hydrogens is 395 g/mol. The number of carbonyl (C=O) groups is 2. The van der Waals surface area contributed by atoms with Gasteiger partial charge in [-0.1, -0.05) is 12.1 Å². The van der Waals surface area contributed by atoms with Crippen molar-refractivity contribution < 1.29 is 31.9 Å². The Kier molecular flexibility index (Phi) is 5.14. The molecule has 0 radical (unpaired) electrons. The van der Waals surface area contributed by atoms with Crippen molar-refractivity contribution in [1.82, 2.24) is 10.2 Å². The van der Waals surface area contributed by atoms with Crippen molar-refractivity contribution >= 4 is 28.5 Å². The highest BCUT2D eigenvalue weighted by molar-refractivity contribution is 6.02. The Labute approximate surface area is 160 Å². The quantitative estimate of drug-likeness (QED) is 0.641. The van der Waals surface area contributed by atoms with Crippen LogP contribution in [0.15, 0.2) is 33.5 Å². The standard InChI is InChI=1S/C18H14F3N3O5/c1-8-13-9(2)29-16(14(13)15(26)24-23-8)22-12(25)7-28-17(27)10-5-3-4-6-11(10)18(19,20)21/h3-6H,7H2,1-2H3,(H,22,25)(H,24,26). The van der Waals surface area contributed by atoms with E-state index in [-0.39, 0.29) is 11.3 Å². The number of alkyl halides is 3. The van der Waals surface area contributed by atoms with Crippen molar-refractivity contribution in [1.29, 1.82) is 0 Å². The topological polar surface area (TPSA) is 114 Å². The zero-order valence-corrected chi connectivity index (χ0v) is 15.1. The molecule has 2 heterocycles. The van der Waals surface area contributed by atoms with E-state index in [4.69, 9.17) is 4.42 Å². The Morgan fingerprint density at radius 3 is 2.59 bits per heavy atom. The number of nitrogens with zero attached hydrogens (tertiary/aromatic N) is 1. The van der Waals surface area contributed by atoms with Gasteiger partial charge in [-0.25, -0.2) is 9.89 Å². The van der Waals surface area contributed by atoms with Crippen LogP contribution in [0.1, 0.15) is 27.4 Å². The molecule has 0 saturated carbocycles. The summed E-state index contributed by atoms with van der Waals surface area (Å²) in [4.78, 5) is 36.1. The van der Waals surface area contributed by atoms with Gasteiger partial charge in [0.15, 0.2) is 6.61 Å². The first kappa shape index (κ1) is 20.1. The Hall–Kier alpha value is -3.63. The number of halogens is 3.